The van der Waals surface area contributed by atoms with E-state index in [9.17, 15) is 0 Å². The highest BCUT2D eigenvalue weighted by Crippen LogP contribution is 2.64. The van der Waals surface area contributed by atoms with Crippen molar-refractivity contribution in [3.8, 4) is 17.2 Å². The van der Waals surface area contributed by atoms with Crippen molar-refractivity contribution in [3.63, 3.8) is 0 Å². The monoisotopic (exact) mass is 344 g/mol. The van der Waals surface area contributed by atoms with Crippen LogP contribution in [0.3, 0.4) is 0 Å². The molecule has 1 saturated carbocycles. The van der Waals surface area contributed by atoms with Gasteiger partial charge in [0.15, 0.2) is 11.5 Å². The van der Waals surface area contributed by atoms with Gasteiger partial charge in [0.2, 0.25) is 5.75 Å². The number of allylic oxidation sites excluding steroid dienone is 2. The van der Waals surface area contributed by atoms with Crippen molar-refractivity contribution in [1.29, 1.82) is 0 Å². The molecule has 0 unspecified atom stereocenters. The van der Waals surface area contributed by atoms with E-state index < -0.39 is 0 Å². The topological polar surface area (TPSA) is 52.1 Å². The van der Waals surface area contributed by atoms with Crippen LogP contribution in [0.1, 0.15) is 39.2 Å². The third kappa shape index (κ3) is 2.66. The van der Waals surface area contributed by atoms with Crippen molar-refractivity contribution < 1.29 is 14.2 Å². The standard InChI is InChI=1S/C20H28N2O3/c1-19(2)14-7-8-20(19,3)17(11-14)22-21-12-13-9-15(23-4)18(25-6)16(10-13)24-5/h9-12,14,22H,7-8H2,1-6H3/b21-12-/t14-,20-/m1/s1. The van der Waals surface area contributed by atoms with E-state index in [1.54, 1.807) is 27.5 Å². The zero-order valence-electron chi connectivity index (χ0n) is 16.0. The second-order valence-electron chi connectivity index (χ2n) is 7.61. The van der Waals surface area contributed by atoms with E-state index in [4.69, 9.17) is 14.2 Å². The Balaban J connectivity index is 1.79. The molecule has 5 nitrogen and oxygen atoms in total. The zero-order chi connectivity index (χ0) is 18.2. The van der Waals surface area contributed by atoms with E-state index in [0.29, 0.717) is 23.2 Å². The largest absolute Gasteiger partial charge is 0.493 e. The number of hydrogen-bond donors (Lipinski definition) is 1. The SMILES string of the molecule is COc1cc(/C=N\NC2=C[C@H]3CC[C@@]2(C)C3(C)C)cc(OC)c1OC. The lowest BCUT2D eigenvalue weighted by molar-refractivity contribution is 0.164. The van der Waals surface area contributed by atoms with Crippen molar-refractivity contribution in [2.75, 3.05) is 21.3 Å². The van der Waals surface area contributed by atoms with Crippen LogP contribution in [0.15, 0.2) is 29.0 Å². The van der Waals surface area contributed by atoms with E-state index >= 15 is 0 Å². The van der Waals surface area contributed by atoms with Gasteiger partial charge in [0.05, 0.1) is 27.5 Å². The highest BCUT2D eigenvalue weighted by atomic mass is 16.5. The Morgan fingerprint density at radius 3 is 2.16 bits per heavy atom. The minimum absolute atomic E-state index is 0.171. The molecule has 1 fully saturated rings. The number of nitrogens with one attached hydrogen (secondary N) is 1. The molecule has 0 aliphatic heterocycles. The molecule has 0 radical (unpaired) electrons. The summed E-state index contributed by atoms with van der Waals surface area (Å²) in [6.45, 7) is 7.06. The maximum Gasteiger partial charge on any atom is 0.203 e. The van der Waals surface area contributed by atoms with Gasteiger partial charge in [-0.2, -0.15) is 5.10 Å². The average Bonchev–Trinajstić information content (AvgIpc) is 2.94. The lowest BCUT2D eigenvalue weighted by atomic mass is 9.69. The molecule has 2 atom stereocenters. The Bertz CT molecular complexity index is 699. The normalized spacial score (nSPS) is 26.6. The van der Waals surface area contributed by atoms with Crippen molar-refractivity contribution in [2.45, 2.75) is 33.6 Å². The molecule has 0 saturated heterocycles. The maximum absolute atomic E-state index is 5.38. The van der Waals surface area contributed by atoms with Crippen LogP contribution in [-0.4, -0.2) is 27.5 Å². The Morgan fingerprint density at radius 2 is 1.72 bits per heavy atom. The number of rotatable bonds is 6. The number of benzene rings is 1. The second-order valence-corrected chi connectivity index (χ2v) is 7.61. The molecule has 0 aromatic heterocycles. The van der Waals surface area contributed by atoms with Gasteiger partial charge < -0.3 is 14.2 Å². The van der Waals surface area contributed by atoms with E-state index in [2.05, 4.69) is 37.4 Å². The highest BCUT2D eigenvalue weighted by Gasteiger charge is 2.57. The van der Waals surface area contributed by atoms with Crippen LogP contribution in [0.5, 0.6) is 17.2 Å². The Morgan fingerprint density at radius 1 is 1.08 bits per heavy atom. The van der Waals surface area contributed by atoms with Gasteiger partial charge in [0, 0.05) is 16.7 Å². The second kappa shape index (κ2) is 6.28. The van der Waals surface area contributed by atoms with Gasteiger partial charge in [0.25, 0.3) is 0 Å². The first-order valence-corrected chi connectivity index (χ1v) is 8.68. The van der Waals surface area contributed by atoms with Crippen LogP contribution < -0.4 is 19.6 Å². The fourth-order valence-electron chi connectivity index (χ4n) is 4.21. The first kappa shape index (κ1) is 17.6. The molecule has 2 bridgehead atoms. The number of ether oxygens (including phenoxy) is 3. The fourth-order valence-corrected chi connectivity index (χ4v) is 4.21. The summed E-state index contributed by atoms with van der Waals surface area (Å²) < 4.78 is 16.1. The molecular weight excluding hydrogens is 316 g/mol. The summed E-state index contributed by atoms with van der Waals surface area (Å²) in [4.78, 5) is 0. The van der Waals surface area contributed by atoms with Crippen molar-refractivity contribution >= 4 is 6.21 Å². The third-order valence-electron chi connectivity index (χ3n) is 6.35. The fraction of sp³-hybridized carbons (Fsp3) is 0.550. The van der Waals surface area contributed by atoms with Crippen molar-refractivity contribution in [3.05, 3.63) is 29.5 Å². The number of nitrogens with zero attached hydrogens (tertiary/aromatic N) is 1. The molecule has 1 aromatic carbocycles. The number of hydrazone groups is 1. The van der Waals surface area contributed by atoms with Gasteiger partial charge in [-0.3, -0.25) is 5.43 Å². The molecular formula is C20H28N2O3. The summed E-state index contributed by atoms with van der Waals surface area (Å²) >= 11 is 0. The number of methoxy groups -OCH3 is 3. The molecule has 0 amide bonds. The van der Waals surface area contributed by atoms with Gasteiger partial charge in [-0.25, -0.2) is 0 Å². The summed E-state index contributed by atoms with van der Waals surface area (Å²) in [7, 11) is 4.82. The molecule has 3 rings (SSSR count). The molecule has 0 heterocycles. The molecule has 1 N–H and O–H groups in total. The zero-order valence-corrected chi connectivity index (χ0v) is 16.0. The van der Waals surface area contributed by atoms with Crippen LogP contribution in [0.2, 0.25) is 0 Å². The van der Waals surface area contributed by atoms with Gasteiger partial charge in [0.1, 0.15) is 0 Å². The molecule has 136 valence electrons. The number of fused-ring (bicyclic) bond motifs is 2. The van der Waals surface area contributed by atoms with Gasteiger partial charge >= 0.3 is 0 Å². The van der Waals surface area contributed by atoms with Gasteiger partial charge in [-0.05, 0) is 36.3 Å². The lowest BCUT2D eigenvalue weighted by Crippen LogP contribution is -2.33. The van der Waals surface area contributed by atoms with Crippen LogP contribution >= 0.6 is 0 Å². The molecule has 2 aliphatic rings. The first-order chi connectivity index (χ1) is 11.9. The van der Waals surface area contributed by atoms with Crippen LogP contribution in [0, 0.1) is 16.7 Å². The molecule has 5 heteroatoms. The summed E-state index contributed by atoms with van der Waals surface area (Å²) in [5.74, 6) is 2.46. The van der Waals surface area contributed by atoms with Crippen molar-refractivity contribution in [1.82, 2.24) is 5.43 Å². The molecule has 2 aliphatic carbocycles. The first-order valence-electron chi connectivity index (χ1n) is 8.68. The highest BCUT2D eigenvalue weighted by molar-refractivity contribution is 5.82. The van der Waals surface area contributed by atoms with E-state index in [1.165, 1.54) is 18.5 Å². The van der Waals surface area contributed by atoms with Crippen LogP contribution in [-0.2, 0) is 0 Å². The van der Waals surface area contributed by atoms with E-state index in [0.717, 1.165) is 5.56 Å². The molecule has 0 spiro atoms. The quantitative estimate of drug-likeness (QED) is 0.626. The molecule has 25 heavy (non-hydrogen) atoms. The smallest absolute Gasteiger partial charge is 0.203 e. The van der Waals surface area contributed by atoms with Gasteiger partial charge in [-0.15, -0.1) is 0 Å². The summed E-state index contributed by atoms with van der Waals surface area (Å²) in [6.07, 6.45) is 6.62. The molecule has 1 aromatic rings. The average molecular weight is 344 g/mol. The number of hydrogen-bond acceptors (Lipinski definition) is 5. The summed E-state index contributed by atoms with van der Waals surface area (Å²) in [6, 6.07) is 3.76. The Kier molecular flexibility index (Phi) is 4.43. The van der Waals surface area contributed by atoms with Crippen molar-refractivity contribution in [2.24, 2.45) is 21.8 Å². The van der Waals surface area contributed by atoms with E-state index in [1.807, 2.05) is 12.1 Å². The Hall–Kier alpha value is -2.17. The van der Waals surface area contributed by atoms with Gasteiger partial charge in [-0.1, -0.05) is 26.8 Å². The summed E-state index contributed by atoms with van der Waals surface area (Å²) in [5.41, 5.74) is 5.86. The minimum Gasteiger partial charge on any atom is -0.493 e. The lowest BCUT2D eigenvalue weighted by Gasteiger charge is -2.36. The Labute approximate surface area is 150 Å². The predicted molar refractivity (Wildman–Crippen MR) is 99.5 cm³/mol. The maximum atomic E-state index is 5.38. The van der Waals surface area contributed by atoms with Crippen LogP contribution in [0.25, 0.3) is 0 Å². The van der Waals surface area contributed by atoms with Crippen LogP contribution in [0.4, 0.5) is 0 Å². The summed E-state index contributed by atoms with van der Waals surface area (Å²) in [5, 5.41) is 4.46. The minimum atomic E-state index is 0.171. The predicted octanol–water partition coefficient (Wildman–Crippen LogP) is 3.98. The van der Waals surface area contributed by atoms with E-state index in [-0.39, 0.29) is 10.8 Å². The third-order valence-corrected chi connectivity index (χ3v) is 6.35.